The first kappa shape index (κ1) is 14.5. The Bertz CT molecular complexity index is 381. The van der Waals surface area contributed by atoms with Crippen LogP contribution in [0.4, 0.5) is 0 Å². The van der Waals surface area contributed by atoms with Gasteiger partial charge in [-0.15, -0.1) is 0 Å². The third kappa shape index (κ3) is 4.32. The molecule has 0 aromatic heterocycles. The normalized spacial score (nSPS) is 20.5. The second-order valence-corrected chi connectivity index (χ2v) is 5.07. The molecule has 4 nitrogen and oxygen atoms in total. The van der Waals surface area contributed by atoms with Crippen molar-refractivity contribution in [2.24, 2.45) is 0 Å². The Morgan fingerprint density at radius 3 is 2.68 bits per heavy atom. The number of likely N-dealkylation sites (tertiary alicyclic amines) is 1. The van der Waals surface area contributed by atoms with Crippen LogP contribution in [0.25, 0.3) is 0 Å². The zero-order valence-electron chi connectivity index (χ0n) is 11.5. The second kappa shape index (κ2) is 7.05. The molecule has 0 amide bonds. The Balaban J connectivity index is 1.89. The van der Waals surface area contributed by atoms with E-state index in [1.165, 1.54) is 12.0 Å². The lowest BCUT2D eigenvalue weighted by Gasteiger charge is -2.32. The lowest BCUT2D eigenvalue weighted by atomic mass is 9.80. The van der Waals surface area contributed by atoms with Gasteiger partial charge in [-0.3, -0.25) is 4.90 Å². The molecule has 0 bridgehead atoms. The van der Waals surface area contributed by atoms with Gasteiger partial charge >= 0.3 is 7.12 Å². The van der Waals surface area contributed by atoms with Crippen LogP contribution in [0.1, 0.15) is 25.3 Å². The van der Waals surface area contributed by atoms with Gasteiger partial charge in [0.1, 0.15) is 0 Å². The van der Waals surface area contributed by atoms with E-state index >= 15 is 0 Å². The van der Waals surface area contributed by atoms with Crippen molar-refractivity contribution >= 4 is 12.6 Å². The molecular formula is C14H22BNO3. The zero-order valence-corrected chi connectivity index (χ0v) is 11.5. The Kier molecular flexibility index (Phi) is 5.40. The van der Waals surface area contributed by atoms with Crippen molar-refractivity contribution in [2.75, 3.05) is 19.7 Å². The molecule has 1 saturated heterocycles. The molecule has 1 aliphatic rings. The van der Waals surface area contributed by atoms with Crippen molar-refractivity contribution < 1.29 is 14.8 Å². The van der Waals surface area contributed by atoms with E-state index in [1.807, 2.05) is 19.1 Å². The van der Waals surface area contributed by atoms with Gasteiger partial charge in [0.25, 0.3) is 0 Å². The summed E-state index contributed by atoms with van der Waals surface area (Å²) < 4.78 is 5.69. The lowest BCUT2D eigenvalue weighted by Crippen LogP contribution is -2.39. The summed E-state index contributed by atoms with van der Waals surface area (Å²) in [5, 5.41) is 18.1. The third-order valence-corrected chi connectivity index (χ3v) is 3.55. The molecule has 2 rings (SSSR count). The molecule has 1 unspecified atom stereocenters. The Labute approximate surface area is 115 Å². The largest absolute Gasteiger partial charge is 0.488 e. The van der Waals surface area contributed by atoms with Crippen molar-refractivity contribution in [3.8, 4) is 0 Å². The first-order valence-electron chi connectivity index (χ1n) is 6.98. The number of piperidine rings is 1. The van der Waals surface area contributed by atoms with Crippen LogP contribution in [0.2, 0.25) is 0 Å². The molecule has 2 N–H and O–H groups in total. The van der Waals surface area contributed by atoms with Gasteiger partial charge in [0, 0.05) is 19.7 Å². The van der Waals surface area contributed by atoms with Crippen LogP contribution in [-0.4, -0.2) is 47.9 Å². The van der Waals surface area contributed by atoms with Gasteiger partial charge < -0.3 is 14.8 Å². The molecule has 1 heterocycles. The van der Waals surface area contributed by atoms with Crippen molar-refractivity contribution in [1.82, 2.24) is 4.90 Å². The Hall–Kier alpha value is -0.875. The maximum absolute atomic E-state index is 9.06. The number of hydrogen-bond acceptors (Lipinski definition) is 4. The lowest BCUT2D eigenvalue weighted by molar-refractivity contribution is 0.00363. The Morgan fingerprint density at radius 2 is 2.05 bits per heavy atom. The molecular weight excluding hydrogens is 241 g/mol. The Morgan fingerprint density at radius 1 is 1.32 bits per heavy atom. The molecule has 104 valence electrons. The standard InChI is InChI=1S/C14H22BNO3/c1-2-19-14-4-3-9-16(11-14)10-12-5-7-13(8-6-12)15(17)18/h5-8,14,17-18H,2-4,9-11H2,1H3. The smallest absolute Gasteiger partial charge is 0.423 e. The molecule has 1 aromatic carbocycles. The zero-order chi connectivity index (χ0) is 13.7. The third-order valence-electron chi connectivity index (χ3n) is 3.55. The topological polar surface area (TPSA) is 52.9 Å². The van der Waals surface area contributed by atoms with Gasteiger partial charge in [-0.25, -0.2) is 0 Å². The maximum atomic E-state index is 9.06. The summed E-state index contributed by atoms with van der Waals surface area (Å²) in [6, 6.07) is 7.45. The molecule has 0 radical (unpaired) electrons. The monoisotopic (exact) mass is 263 g/mol. The summed E-state index contributed by atoms with van der Waals surface area (Å²) >= 11 is 0. The fraction of sp³-hybridized carbons (Fsp3) is 0.571. The minimum Gasteiger partial charge on any atom is -0.423 e. The van der Waals surface area contributed by atoms with Gasteiger partial charge in [-0.1, -0.05) is 24.3 Å². The van der Waals surface area contributed by atoms with Crippen LogP contribution in [-0.2, 0) is 11.3 Å². The van der Waals surface area contributed by atoms with Crippen LogP contribution >= 0.6 is 0 Å². The van der Waals surface area contributed by atoms with Gasteiger partial charge in [0.05, 0.1) is 6.10 Å². The summed E-state index contributed by atoms with van der Waals surface area (Å²) in [4.78, 5) is 2.40. The summed E-state index contributed by atoms with van der Waals surface area (Å²) in [6.45, 7) is 5.80. The summed E-state index contributed by atoms with van der Waals surface area (Å²) in [5.41, 5.74) is 1.73. The molecule has 5 heteroatoms. The highest BCUT2D eigenvalue weighted by molar-refractivity contribution is 6.58. The van der Waals surface area contributed by atoms with Crippen LogP contribution in [0.15, 0.2) is 24.3 Å². The van der Waals surface area contributed by atoms with Crippen molar-refractivity contribution in [3.05, 3.63) is 29.8 Å². The van der Waals surface area contributed by atoms with Gasteiger partial charge in [-0.2, -0.15) is 0 Å². The predicted octanol–water partition coefficient (Wildman–Crippen LogP) is 0.367. The van der Waals surface area contributed by atoms with Crippen molar-refractivity contribution in [3.63, 3.8) is 0 Å². The van der Waals surface area contributed by atoms with Crippen LogP contribution in [0, 0.1) is 0 Å². The van der Waals surface area contributed by atoms with E-state index < -0.39 is 7.12 Å². The number of nitrogens with zero attached hydrogens (tertiary/aromatic N) is 1. The average Bonchev–Trinajstić information content (AvgIpc) is 2.40. The molecule has 19 heavy (non-hydrogen) atoms. The minimum atomic E-state index is -1.38. The quantitative estimate of drug-likeness (QED) is 0.753. The van der Waals surface area contributed by atoms with Crippen molar-refractivity contribution in [1.29, 1.82) is 0 Å². The summed E-state index contributed by atoms with van der Waals surface area (Å²) in [5.74, 6) is 0. The predicted molar refractivity (Wildman–Crippen MR) is 76.2 cm³/mol. The molecule has 1 atom stereocenters. The molecule has 1 fully saturated rings. The molecule has 1 aliphatic heterocycles. The number of rotatable bonds is 5. The number of hydrogen-bond donors (Lipinski definition) is 2. The SMILES string of the molecule is CCOC1CCCN(Cc2ccc(B(O)O)cc2)C1. The highest BCUT2D eigenvalue weighted by atomic mass is 16.5. The van der Waals surface area contributed by atoms with Crippen LogP contribution < -0.4 is 5.46 Å². The van der Waals surface area contributed by atoms with Gasteiger partial charge in [0.2, 0.25) is 0 Å². The minimum absolute atomic E-state index is 0.359. The molecule has 1 aromatic rings. The summed E-state index contributed by atoms with van der Waals surface area (Å²) in [7, 11) is -1.38. The van der Waals surface area contributed by atoms with E-state index in [0.29, 0.717) is 11.6 Å². The number of benzene rings is 1. The highest BCUT2D eigenvalue weighted by Crippen LogP contribution is 2.15. The van der Waals surface area contributed by atoms with E-state index in [4.69, 9.17) is 14.8 Å². The average molecular weight is 263 g/mol. The van der Waals surface area contributed by atoms with E-state index in [1.54, 1.807) is 12.1 Å². The van der Waals surface area contributed by atoms with Crippen LogP contribution in [0.3, 0.4) is 0 Å². The fourth-order valence-corrected chi connectivity index (χ4v) is 2.58. The summed E-state index contributed by atoms with van der Waals surface area (Å²) in [6.07, 6.45) is 2.69. The highest BCUT2D eigenvalue weighted by Gasteiger charge is 2.20. The van der Waals surface area contributed by atoms with E-state index in [2.05, 4.69) is 4.90 Å². The van der Waals surface area contributed by atoms with E-state index in [0.717, 1.165) is 32.7 Å². The molecule has 0 aliphatic carbocycles. The molecule has 0 spiro atoms. The van der Waals surface area contributed by atoms with Gasteiger partial charge in [0.15, 0.2) is 0 Å². The fourth-order valence-electron chi connectivity index (χ4n) is 2.58. The molecule has 0 saturated carbocycles. The van der Waals surface area contributed by atoms with Gasteiger partial charge in [-0.05, 0) is 37.3 Å². The maximum Gasteiger partial charge on any atom is 0.488 e. The first-order chi connectivity index (χ1) is 9.19. The van der Waals surface area contributed by atoms with E-state index in [-0.39, 0.29) is 0 Å². The number of ether oxygens (including phenoxy) is 1. The second-order valence-electron chi connectivity index (χ2n) is 5.07. The first-order valence-corrected chi connectivity index (χ1v) is 6.98. The van der Waals surface area contributed by atoms with Crippen LogP contribution in [0.5, 0.6) is 0 Å². The van der Waals surface area contributed by atoms with E-state index in [9.17, 15) is 0 Å². The van der Waals surface area contributed by atoms with Crippen molar-refractivity contribution in [2.45, 2.75) is 32.4 Å².